The number of aryl methyl sites for hydroxylation is 2. The van der Waals surface area contributed by atoms with Gasteiger partial charge in [-0.3, -0.25) is 24.9 Å². The van der Waals surface area contributed by atoms with Gasteiger partial charge < -0.3 is 14.7 Å². The zero-order chi connectivity index (χ0) is 32.8. The molecule has 4 heterocycles. The lowest BCUT2D eigenvalue weighted by Crippen LogP contribution is -2.37. The van der Waals surface area contributed by atoms with E-state index in [-0.39, 0.29) is 18.0 Å². The monoisotopic (exact) mass is 632 g/mol. The highest BCUT2D eigenvalue weighted by atomic mass is 16.2. The second-order valence-corrected chi connectivity index (χ2v) is 13.1. The molecule has 8 nitrogen and oxygen atoms in total. The fourth-order valence-corrected chi connectivity index (χ4v) is 6.98. The van der Waals surface area contributed by atoms with E-state index >= 15 is 0 Å². The van der Waals surface area contributed by atoms with Crippen LogP contribution in [0.3, 0.4) is 0 Å². The molecular weight excluding hydrogens is 584 g/mol. The first-order valence-electron chi connectivity index (χ1n) is 17.4. The fraction of sp³-hybridized carbons (Fsp3) is 0.436. The average molecular weight is 633 g/mol. The van der Waals surface area contributed by atoms with Crippen molar-refractivity contribution in [1.29, 1.82) is 0 Å². The number of fused-ring (bicyclic) bond motifs is 2. The minimum absolute atomic E-state index is 0.0993. The molecule has 1 aromatic heterocycles. The van der Waals surface area contributed by atoms with Crippen molar-refractivity contribution < 1.29 is 9.59 Å². The maximum Gasteiger partial charge on any atom is 0.227 e. The van der Waals surface area contributed by atoms with Crippen LogP contribution in [0.15, 0.2) is 66.1 Å². The van der Waals surface area contributed by atoms with E-state index in [9.17, 15) is 9.59 Å². The van der Waals surface area contributed by atoms with Crippen molar-refractivity contribution in [2.75, 3.05) is 37.1 Å². The molecule has 0 saturated carbocycles. The van der Waals surface area contributed by atoms with Gasteiger partial charge in [0.25, 0.3) is 0 Å². The number of benzene rings is 2. The van der Waals surface area contributed by atoms with Gasteiger partial charge in [0.15, 0.2) is 0 Å². The Hall–Kier alpha value is -4.30. The molecule has 0 fully saturated rings. The molecule has 1 atom stereocenters. The number of nitrogens with one attached hydrogen (secondary N) is 1. The minimum atomic E-state index is -0.0993. The lowest BCUT2D eigenvalue weighted by atomic mass is 9.95. The van der Waals surface area contributed by atoms with E-state index in [1.54, 1.807) is 9.80 Å². The van der Waals surface area contributed by atoms with Crippen molar-refractivity contribution in [3.63, 3.8) is 0 Å². The third-order valence-corrected chi connectivity index (χ3v) is 9.82. The first kappa shape index (κ1) is 32.6. The van der Waals surface area contributed by atoms with Crippen molar-refractivity contribution in [3.8, 4) is 11.1 Å². The Morgan fingerprint density at radius 2 is 1.38 bits per heavy atom. The molecule has 2 amide bonds. The Kier molecular flexibility index (Phi) is 10.5. The van der Waals surface area contributed by atoms with Gasteiger partial charge in [-0.25, -0.2) is 0 Å². The molecule has 3 aromatic rings. The second-order valence-electron chi connectivity index (χ2n) is 13.1. The minimum Gasteiger partial charge on any atom is -0.338 e. The van der Waals surface area contributed by atoms with Crippen molar-refractivity contribution in [1.82, 2.24) is 15.2 Å². The summed E-state index contributed by atoms with van der Waals surface area (Å²) in [4.78, 5) is 39.8. The number of hydrogen-bond donors (Lipinski definition) is 1. The summed E-state index contributed by atoms with van der Waals surface area (Å²) in [5.74, 6) is 0.330. The summed E-state index contributed by atoms with van der Waals surface area (Å²) in [6.07, 6.45) is 19.4. The summed E-state index contributed by atoms with van der Waals surface area (Å²) in [7, 11) is 3.71. The van der Waals surface area contributed by atoms with Crippen molar-refractivity contribution in [2.45, 2.75) is 83.7 Å². The standard InChI is InChI=1S/C39H48N6O2/c1-4-5-6-7-8-9-10-19-42-39(33-22-32(23-40-24-33)28-11-15-35-30(20-28)13-17-37(46)43(35)2)45-26-34(25-41-27-45)29-12-16-36-31(21-29)14-18-38(47)44(36)3/h11-12,15-16,20-26,39,42H,4-10,13-14,17-19,27H2,1-3H3. The highest BCUT2D eigenvalue weighted by molar-refractivity contribution is 6.10. The molecule has 3 aliphatic rings. The van der Waals surface area contributed by atoms with Crippen LogP contribution in [-0.4, -0.2) is 55.2 Å². The summed E-state index contributed by atoms with van der Waals surface area (Å²) < 4.78 is 0. The smallest absolute Gasteiger partial charge is 0.227 e. The van der Waals surface area contributed by atoms with Gasteiger partial charge in [-0.05, 0) is 78.4 Å². The van der Waals surface area contributed by atoms with E-state index in [0.717, 1.165) is 65.0 Å². The summed E-state index contributed by atoms with van der Waals surface area (Å²) in [5, 5.41) is 3.86. The Balaban J connectivity index is 1.25. The number of carbonyl (C=O) groups is 2. The molecule has 2 aromatic carbocycles. The van der Waals surface area contributed by atoms with E-state index in [1.807, 2.05) is 32.7 Å². The molecular formula is C39H48N6O2. The highest BCUT2D eigenvalue weighted by Gasteiger charge is 2.25. The van der Waals surface area contributed by atoms with Crippen LogP contribution in [0.1, 0.15) is 93.1 Å². The number of nitrogens with zero attached hydrogens (tertiary/aromatic N) is 5. The number of carbonyl (C=O) groups excluding carboxylic acids is 2. The van der Waals surface area contributed by atoms with Crippen molar-refractivity contribution in [2.24, 2.45) is 4.99 Å². The zero-order valence-electron chi connectivity index (χ0n) is 28.2. The number of hydrogen-bond acceptors (Lipinski definition) is 6. The normalized spacial score (nSPS) is 16.7. The van der Waals surface area contributed by atoms with Gasteiger partial charge in [0.05, 0.1) is 0 Å². The molecule has 1 unspecified atom stereocenters. The van der Waals surface area contributed by atoms with Gasteiger partial charge in [-0.15, -0.1) is 0 Å². The molecule has 1 N–H and O–H groups in total. The van der Waals surface area contributed by atoms with Gasteiger partial charge in [0, 0.05) is 79.8 Å². The van der Waals surface area contributed by atoms with Crippen molar-refractivity contribution >= 4 is 35.0 Å². The third-order valence-electron chi connectivity index (χ3n) is 9.82. The Morgan fingerprint density at radius 3 is 2.09 bits per heavy atom. The number of rotatable bonds is 13. The third kappa shape index (κ3) is 7.49. The lowest BCUT2D eigenvalue weighted by molar-refractivity contribution is -0.119. The summed E-state index contributed by atoms with van der Waals surface area (Å²) in [5.41, 5.74) is 9.80. The first-order valence-corrected chi connectivity index (χ1v) is 17.4. The van der Waals surface area contributed by atoms with Gasteiger partial charge in [0.2, 0.25) is 11.8 Å². The summed E-state index contributed by atoms with van der Waals surface area (Å²) in [6.45, 7) is 3.71. The first-order chi connectivity index (χ1) is 22.9. The Bertz CT molecular complexity index is 1660. The molecule has 3 aliphatic heterocycles. The van der Waals surface area contributed by atoms with Gasteiger partial charge >= 0.3 is 0 Å². The zero-order valence-corrected chi connectivity index (χ0v) is 28.2. The predicted molar refractivity (Wildman–Crippen MR) is 191 cm³/mol. The molecule has 0 saturated heterocycles. The number of amides is 2. The Morgan fingerprint density at radius 1 is 0.745 bits per heavy atom. The highest BCUT2D eigenvalue weighted by Crippen LogP contribution is 2.34. The average Bonchev–Trinajstić information content (AvgIpc) is 3.10. The Labute approximate surface area is 279 Å². The second kappa shape index (κ2) is 15.1. The van der Waals surface area contributed by atoms with E-state index in [2.05, 4.69) is 65.8 Å². The molecule has 0 aliphatic carbocycles. The fourth-order valence-electron chi connectivity index (χ4n) is 6.98. The molecule has 6 rings (SSSR count). The number of aromatic nitrogens is 1. The molecule has 47 heavy (non-hydrogen) atoms. The number of pyridine rings is 1. The van der Waals surface area contributed by atoms with Crippen LogP contribution in [0, 0.1) is 0 Å². The number of aliphatic imine (C=N–C) groups is 1. The predicted octanol–water partition coefficient (Wildman–Crippen LogP) is 7.29. The van der Waals surface area contributed by atoms with Gasteiger partial charge in [-0.1, -0.05) is 57.6 Å². The van der Waals surface area contributed by atoms with Gasteiger partial charge in [0.1, 0.15) is 12.8 Å². The molecule has 0 spiro atoms. The van der Waals surface area contributed by atoms with E-state index in [0.29, 0.717) is 19.5 Å². The van der Waals surface area contributed by atoms with Crippen LogP contribution in [0.2, 0.25) is 0 Å². The van der Waals surface area contributed by atoms with E-state index < -0.39 is 0 Å². The van der Waals surface area contributed by atoms with Gasteiger partial charge in [-0.2, -0.15) is 0 Å². The number of unbranched alkanes of at least 4 members (excludes halogenated alkanes) is 6. The van der Waals surface area contributed by atoms with Crippen LogP contribution in [-0.2, 0) is 22.4 Å². The van der Waals surface area contributed by atoms with E-state index in [1.165, 1.54) is 49.7 Å². The van der Waals surface area contributed by atoms with Crippen LogP contribution < -0.4 is 15.1 Å². The van der Waals surface area contributed by atoms with Crippen LogP contribution >= 0.6 is 0 Å². The van der Waals surface area contributed by atoms with Crippen molar-refractivity contribution in [3.05, 3.63) is 83.3 Å². The quantitative estimate of drug-likeness (QED) is 0.200. The SMILES string of the molecule is CCCCCCCCCNC(c1cncc(-c2ccc3c(c2)CCC(=O)N3C)c1)N1C=C(c2ccc3c(c2)CCC(=O)N3C)C=NC1. The lowest BCUT2D eigenvalue weighted by Gasteiger charge is -2.33. The number of anilines is 2. The molecule has 0 radical (unpaired) electrons. The maximum absolute atomic E-state index is 12.2. The molecule has 246 valence electrons. The van der Waals surface area contributed by atoms with Crippen LogP contribution in [0.25, 0.3) is 16.7 Å². The molecule has 8 heteroatoms. The largest absolute Gasteiger partial charge is 0.338 e. The van der Waals surface area contributed by atoms with Crippen LogP contribution in [0.5, 0.6) is 0 Å². The number of allylic oxidation sites excluding steroid dienone is 1. The maximum atomic E-state index is 12.2. The molecule has 0 bridgehead atoms. The van der Waals surface area contributed by atoms with E-state index in [4.69, 9.17) is 9.98 Å². The summed E-state index contributed by atoms with van der Waals surface area (Å²) in [6, 6.07) is 15.0. The van der Waals surface area contributed by atoms with Crippen LogP contribution in [0.4, 0.5) is 11.4 Å². The summed E-state index contributed by atoms with van der Waals surface area (Å²) >= 11 is 0. The topological polar surface area (TPSA) is 81.1 Å².